The Morgan fingerprint density at radius 2 is 1.75 bits per heavy atom. The van der Waals surface area contributed by atoms with Gasteiger partial charge in [-0.15, -0.1) is 0 Å². The molecule has 6 nitrogen and oxygen atoms in total. The van der Waals surface area contributed by atoms with Crippen molar-refractivity contribution in [3.63, 3.8) is 0 Å². The van der Waals surface area contributed by atoms with Crippen molar-refractivity contribution in [3.8, 4) is 5.75 Å². The van der Waals surface area contributed by atoms with Gasteiger partial charge in [-0.3, -0.25) is 14.5 Å². The Bertz CT molecular complexity index is 833. The van der Waals surface area contributed by atoms with Gasteiger partial charge in [0.15, 0.2) is 6.10 Å². The van der Waals surface area contributed by atoms with Gasteiger partial charge in [0.05, 0.1) is 12.1 Å². The van der Waals surface area contributed by atoms with Crippen LogP contribution in [0.15, 0.2) is 48.5 Å². The molecule has 0 fully saturated rings. The van der Waals surface area contributed by atoms with Gasteiger partial charge in [0.25, 0.3) is 5.91 Å². The van der Waals surface area contributed by atoms with E-state index >= 15 is 0 Å². The highest BCUT2D eigenvalue weighted by atomic mass is 16.5. The van der Waals surface area contributed by atoms with E-state index in [9.17, 15) is 9.59 Å². The molecule has 3 rings (SSSR count). The molecule has 1 aliphatic rings. The molecule has 0 spiro atoms. The second kappa shape index (κ2) is 9.37. The normalized spacial score (nSPS) is 15.5. The number of ether oxygens (including phenoxy) is 1. The van der Waals surface area contributed by atoms with Gasteiger partial charge in [0, 0.05) is 13.1 Å². The van der Waals surface area contributed by atoms with Crippen molar-refractivity contribution in [2.75, 3.05) is 18.4 Å². The molecule has 2 N–H and O–H groups in total. The van der Waals surface area contributed by atoms with Crippen LogP contribution in [0.2, 0.25) is 0 Å². The van der Waals surface area contributed by atoms with Crippen LogP contribution in [0.3, 0.4) is 0 Å². The number of amides is 2. The predicted molar refractivity (Wildman–Crippen MR) is 109 cm³/mol. The molecular formula is C22H27N3O3. The molecule has 0 saturated heterocycles. The monoisotopic (exact) mass is 381 g/mol. The number of carbonyl (C=O) groups excluding carboxylic acids is 2. The van der Waals surface area contributed by atoms with Crippen LogP contribution in [-0.4, -0.2) is 35.9 Å². The number of rotatable bonds is 8. The van der Waals surface area contributed by atoms with E-state index in [4.69, 9.17) is 4.74 Å². The van der Waals surface area contributed by atoms with Crippen LogP contribution in [0, 0.1) is 0 Å². The van der Waals surface area contributed by atoms with Crippen LogP contribution in [0.1, 0.15) is 31.4 Å². The number of fused-ring (bicyclic) bond motifs is 1. The molecule has 148 valence electrons. The topological polar surface area (TPSA) is 70.7 Å². The Kier molecular flexibility index (Phi) is 6.66. The number of nitrogens with one attached hydrogen (secondary N) is 2. The molecule has 0 aliphatic carbocycles. The molecule has 0 aromatic heterocycles. The van der Waals surface area contributed by atoms with Crippen molar-refractivity contribution >= 4 is 17.5 Å². The van der Waals surface area contributed by atoms with E-state index in [0.29, 0.717) is 18.0 Å². The van der Waals surface area contributed by atoms with Crippen molar-refractivity contribution in [3.05, 3.63) is 59.7 Å². The maximum Gasteiger partial charge on any atom is 0.266 e. The Morgan fingerprint density at radius 1 is 1.07 bits per heavy atom. The van der Waals surface area contributed by atoms with Gasteiger partial charge < -0.3 is 15.4 Å². The fourth-order valence-corrected chi connectivity index (χ4v) is 3.23. The Morgan fingerprint density at radius 3 is 2.50 bits per heavy atom. The van der Waals surface area contributed by atoms with Gasteiger partial charge in [0.1, 0.15) is 5.75 Å². The van der Waals surface area contributed by atoms with E-state index in [1.165, 1.54) is 5.56 Å². The number of nitrogens with zero attached hydrogens (tertiary/aromatic N) is 1. The zero-order valence-corrected chi connectivity index (χ0v) is 16.4. The zero-order valence-electron chi connectivity index (χ0n) is 16.4. The number of hydrogen-bond donors (Lipinski definition) is 2. The third-order valence-electron chi connectivity index (χ3n) is 4.96. The maximum absolute atomic E-state index is 12.4. The summed E-state index contributed by atoms with van der Waals surface area (Å²) in [5.74, 6) is 0.0809. The average molecular weight is 381 g/mol. The van der Waals surface area contributed by atoms with Crippen molar-refractivity contribution < 1.29 is 14.3 Å². The van der Waals surface area contributed by atoms with E-state index in [1.807, 2.05) is 30.3 Å². The average Bonchev–Trinajstić information content (AvgIpc) is 2.71. The fraction of sp³-hybridized carbons (Fsp3) is 0.364. The molecule has 2 aromatic carbocycles. The van der Waals surface area contributed by atoms with E-state index in [0.717, 1.165) is 25.2 Å². The lowest BCUT2D eigenvalue weighted by Gasteiger charge is -2.25. The zero-order chi connectivity index (χ0) is 19.9. The molecule has 28 heavy (non-hydrogen) atoms. The SMILES string of the molecule is CCN(CC)Cc1ccccc1CNC(=O)C[C@H]1Oc2ccccc2NC1=O. The van der Waals surface area contributed by atoms with Gasteiger partial charge >= 0.3 is 0 Å². The van der Waals surface area contributed by atoms with Gasteiger partial charge in [-0.1, -0.05) is 50.2 Å². The Balaban J connectivity index is 1.57. The predicted octanol–water partition coefficient (Wildman–Crippen LogP) is 2.93. The molecule has 1 atom stereocenters. The molecule has 0 unspecified atom stereocenters. The Labute approximate surface area is 165 Å². The standard InChI is InChI=1S/C22H27N3O3/c1-3-25(4-2)15-17-10-6-5-9-16(17)14-23-21(26)13-20-22(27)24-18-11-7-8-12-19(18)28-20/h5-12,20H,3-4,13-15H2,1-2H3,(H,23,26)(H,24,27)/t20-/m1/s1. The lowest BCUT2D eigenvalue weighted by atomic mass is 10.1. The van der Waals surface area contributed by atoms with E-state index in [2.05, 4.69) is 35.4 Å². The van der Waals surface area contributed by atoms with Crippen LogP contribution in [0.5, 0.6) is 5.75 Å². The molecule has 6 heteroatoms. The minimum Gasteiger partial charge on any atom is -0.478 e. The first-order valence-electron chi connectivity index (χ1n) is 9.73. The molecular weight excluding hydrogens is 354 g/mol. The first-order valence-corrected chi connectivity index (χ1v) is 9.73. The van der Waals surface area contributed by atoms with E-state index in [1.54, 1.807) is 12.1 Å². The van der Waals surface area contributed by atoms with Crippen molar-refractivity contribution in [1.82, 2.24) is 10.2 Å². The fourth-order valence-electron chi connectivity index (χ4n) is 3.23. The first-order chi connectivity index (χ1) is 13.6. The van der Waals surface area contributed by atoms with Crippen LogP contribution in [-0.2, 0) is 22.7 Å². The second-order valence-electron chi connectivity index (χ2n) is 6.80. The minimum absolute atomic E-state index is 0.0155. The number of carbonyl (C=O) groups is 2. The van der Waals surface area contributed by atoms with Crippen LogP contribution in [0.25, 0.3) is 0 Å². The summed E-state index contributed by atoms with van der Waals surface area (Å²) in [6.07, 6.45) is -0.834. The van der Waals surface area contributed by atoms with Gasteiger partial charge in [-0.25, -0.2) is 0 Å². The summed E-state index contributed by atoms with van der Waals surface area (Å²) in [4.78, 5) is 26.9. The Hall–Kier alpha value is -2.86. The summed E-state index contributed by atoms with van der Waals surface area (Å²) in [6, 6.07) is 15.3. The lowest BCUT2D eigenvalue weighted by Crippen LogP contribution is -2.40. The van der Waals surface area contributed by atoms with Crippen molar-refractivity contribution in [1.29, 1.82) is 0 Å². The van der Waals surface area contributed by atoms with E-state index < -0.39 is 6.10 Å². The van der Waals surface area contributed by atoms with Crippen LogP contribution in [0.4, 0.5) is 5.69 Å². The number of hydrogen-bond acceptors (Lipinski definition) is 4. The molecule has 0 saturated carbocycles. The summed E-state index contributed by atoms with van der Waals surface area (Å²) in [7, 11) is 0. The summed E-state index contributed by atoms with van der Waals surface area (Å²) >= 11 is 0. The highest BCUT2D eigenvalue weighted by molar-refractivity contribution is 5.99. The summed E-state index contributed by atoms with van der Waals surface area (Å²) < 4.78 is 5.69. The smallest absolute Gasteiger partial charge is 0.266 e. The molecule has 1 heterocycles. The van der Waals surface area contributed by atoms with E-state index in [-0.39, 0.29) is 18.2 Å². The van der Waals surface area contributed by atoms with Crippen LogP contribution < -0.4 is 15.4 Å². The molecule has 2 aromatic rings. The highest BCUT2D eigenvalue weighted by Gasteiger charge is 2.29. The summed E-state index contributed by atoms with van der Waals surface area (Å²) in [5, 5.41) is 5.71. The number of anilines is 1. The maximum atomic E-state index is 12.4. The molecule has 1 aliphatic heterocycles. The lowest BCUT2D eigenvalue weighted by molar-refractivity contribution is -0.130. The third-order valence-corrected chi connectivity index (χ3v) is 4.96. The molecule has 0 radical (unpaired) electrons. The second-order valence-corrected chi connectivity index (χ2v) is 6.80. The van der Waals surface area contributed by atoms with Gasteiger partial charge in [-0.2, -0.15) is 0 Å². The summed E-state index contributed by atoms with van der Waals surface area (Å²) in [6.45, 7) is 7.52. The van der Waals surface area contributed by atoms with Crippen molar-refractivity contribution in [2.24, 2.45) is 0 Å². The largest absolute Gasteiger partial charge is 0.478 e. The molecule has 0 bridgehead atoms. The first kappa shape index (κ1) is 19.9. The van der Waals surface area contributed by atoms with Crippen LogP contribution >= 0.6 is 0 Å². The van der Waals surface area contributed by atoms with Crippen molar-refractivity contribution in [2.45, 2.75) is 39.5 Å². The molecule has 2 amide bonds. The third kappa shape index (κ3) is 4.89. The highest BCUT2D eigenvalue weighted by Crippen LogP contribution is 2.29. The number of benzene rings is 2. The minimum atomic E-state index is -0.819. The summed E-state index contributed by atoms with van der Waals surface area (Å²) in [5.41, 5.74) is 2.92. The quantitative estimate of drug-likeness (QED) is 0.738. The van der Waals surface area contributed by atoms with Gasteiger partial charge in [-0.05, 0) is 36.3 Å². The van der Waals surface area contributed by atoms with Gasteiger partial charge in [0.2, 0.25) is 5.91 Å². The number of para-hydroxylation sites is 2.